The van der Waals surface area contributed by atoms with Crippen LogP contribution in [0.3, 0.4) is 0 Å². The minimum atomic E-state index is -0.375. The average Bonchev–Trinajstić information content (AvgIpc) is 1.65. The van der Waals surface area contributed by atoms with Gasteiger partial charge in [0.2, 0.25) is 0 Å². The summed E-state index contributed by atoms with van der Waals surface area (Å²) >= 11 is 0. The van der Waals surface area contributed by atoms with E-state index in [2.05, 4.69) is 7.05 Å². The zero-order chi connectivity index (χ0) is 5.86. The molecule has 0 aromatic heterocycles. The molecule has 1 radical (unpaired) electrons. The predicted octanol–water partition coefficient (Wildman–Crippen LogP) is 0.438. The van der Waals surface area contributed by atoms with Gasteiger partial charge in [0.25, 0.3) is 0 Å². The second-order valence-corrected chi connectivity index (χ2v) is 1.65. The molecule has 0 aromatic carbocycles. The van der Waals surface area contributed by atoms with Gasteiger partial charge in [0, 0.05) is 7.05 Å². The molecule has 1 atom stereocenters. The molecule has 0 aliphatic rings. The lowest BCUT2D eigenvalue weighted by Gasteiger charge is -2.14. The molecule has 0 aromatic rings. The van der Waals surface area contributed by atoms with Crippen LogP contribution in [0, 0.1) is 7.05 Å². The first-order chi connectivity index (χ1) is 3.18. The van der Waals surface area contributed by atoms with Gasteiger partial charge in [-0.05, 0) is 13.5 Å². The summed E-state index contributed by atoms with van der Waals surface area (Å²) in [6, 6.07) is 0. The Morgan fingerprint density at radius 3 is 2.29 bits per heavy atom. The fraction of sp³-hybridized carbons (Fsp3) is 0.800. The van der Waals surface area contributed by atoms with Crippen LogP contribution in [0.15, 0.2) is 0 Å². The number of rotatable bonds is 2. The molecule has 0 aliphatic carbocycles. The predicted molar refractivity (Wildman–Crippen MR) is 29.4 cm³/mol. The van der Waals surface area contributed by atoms with Crippen LogP contribution in [0.25, 0.3) is 0 Å². The minimum Gasteiger partial charge on any atom is -0.378 e. The Labute approximate surface area is 44.8 Å². The highest BCUT2D eigenvalue weighted by atomic mass is 16.3. The largest absolute Gasteiger partial charge is 0.378 e. The van der Waals surface area contributed by atoms with Crippen molar-refractivity contribution >= 4 is 0 Å². The number of aliphatic hydroxyl groups is 1. The topological polar surface area (TPSA) is 23.5 Å². The highest BCUT2D eigenvalue weighted by Crippen LogP contribution is 1.91. The third-order valence-corrected chi connectivity index (χ3v) is 0.874. The van der Waals surface area contributed by atoms with E-state index in [9.17, 15) is 0 Å². The Morgan fingerprint density at radius 2 is 2.29 bits per heavy atom. The molecule has 0 fully saturated rings. The van der Waals surface area contributed by atoms with Crippen LogP contribution in [-0.2, 0) is 0 Å². The van der Waals surface area contributed by atoms with E-state index < -0.39 is 0 Å². The zero-order valence-electron chi connectivity index (χ0n) is 4.89. The Bertz CT molecular complexity index is 45.3. The van der Waals surface area contributed by atoms with Gasteiger partial charge in [-0.25, -0.2) is 0 Å². The lowest BCUT2D eigenvalue weighted by molar-refractivity contribution is 0.0497. The van der Waals surface area contributed by atoms with Crippen LogP contribution in [0.4, 0.5) is 0 Å². The normalized spacial score (nSPS) is 15.0. The van der Waals surface area contributed by atoms with Gasteiger partial charge >= 0.3 is 0 Å². The van der Waals surface area contributed by atoms with Crippen LogP contribution < -0.4 is 0 Å². The van der Waals surface area contributed by atoms with Crippen LogP contribution in [-0.4, -0.2) is 23.3 Å². The first kappa shape index (κ1) is 6.92. The molecule has 0 aliphatic heterocycles. The highest BCUT2D eigenvalue weighted by molar-refractivity contribution is 4.48. The summed E-state index contributed by atoms with van der Waals surface area (Å²) in [6.07, 6.45) is 0.361. The number of aliphatic hydroxyl groups excluding tert-OH is 1. The van der Waals surface area contributed by atoms with Crippen molar-refractivity contribution in [3.63, 3.8) is 0 Å². The molecule has 0 heterocycles. The molecule has 0 saturated carbocycles. The first-order valence-corrected chi connectivity index (χ1v) is 2.40. The Hall–Kier alpha value is -0.0800. The maximum atomic E-state index is 8.80. The Balaban J connectivity index is 3.14. The summed E-state index contributed by atoms with van der Waals surface area (Å²) in [7, 11) is 5.24. The van der Waals surface area contributed by atoms with Gasteiger partial charge in [0.05, 0.1) is 0 Å². The van der Waals surface area contributed by atoms with E-state index in [0.29, 0.717) is 0 Å². The van der Waals surface area contributed by atoms with E-state index in [1.54, 1.807) is 7.05 Å². The number of hydrogen-bond acceptors (Lipinski definition) is 2. The summed E-state index contributed by atoms with van der Waals surface area (Å²) in [6.45, 7) is 1.91. The molecule has 7 heavy (non-hydrogen) atoms. The van der Waals surface area contributed by atoms with Crippen molar-refractivity contribution in [1.29, 1.82) is 0 Å². The molecule has 0 spiro atoms. The third kappa shape index (κ3) is 2.60. The SMILES string of the molecule is [CH2]N(C)C(O)CC. The van der Waals surface area contributed by atoms with E-state index in [-0.39, 0.29) is 6.23 Å². The van der Waals surface area contributed by atoms with Gasteiger partial charge in [0.1, 0.15) is 6.23 Å². The molecule has 2 nitrogen and oxygen atoms in total. The zero-order valence-corrected chi connectivity index (χ0v) is 4.89. The van der Waals surface area contributed by atoms with Gasteiger partial charge in [-0.2, -0.15) is 0 Å². The quantitative estimate of drug-likeness (QED) is 0.511. The molecule has 1 N–H and O–H groups in total. The van der Waals surface area contributed by atoms with Gasteiger partial charge < -0.3 is 5.11 Å². The molecular formula is C5H12NO. The second-order valence-electron chi connectivity index (χ2n) is 1.65. The fourth-order valence-electron chi connectivity index (χ4n) is 0.312. The van der Waals surface area contributed by atoms with E-state index >= 15 is 0 Å². The van der Waals surface area contributed by atoms with Crippen LogP contribution in [0.2, 0.25) is 0 Å². The van der Waals surface area contributed by atoms with Crippen LogP contribution >= 0.6 is 0 Å². The van der Waals surface area contributed by atoms with E-state index in [1.165, 1.54) is 4.90 Å². The highest BCUT2D eigenvalue weighted by Gasteiger charge is 1.99. The smallest absolute Gasteiger partial charge is 0.106 e. The van der Waals surface area contributed by atoms with E-state index in [0.717, 1.165) is 6.42 Å². The lowest BCUT2D eigenvalue weighted by atomic mass is 10.4. The van der Waals surface area contributed by atoms with Crippen molar-refractivity contribution in [1.82, 2.24) is 4.90 Å². The molecule has 0 rings (SSSR count). The first-order valence-electron chi connectivity index (χ1n) is 2.40. The van der Waals surface area contributed by atoms with Crippen LogP contribution in [0.5, 0.6) is 0 Å². The molecule has 0 saturated heterocycles. The van der Waals surface area contributed by atoms with Gasteiger partial charge in [-0.1, -0.05) is 6.92 Å². The second kappa shape index (κ2) is 2.99. The average molecular weight is 102 g/mol. The Kier molecular flexibility index (Phi) is 2.96. The van der Waals surface area contributed by atoms with Gasteiger partial charge in [-0.3, -0.25) is 4.90 Å². The fourth-order valence-corrected chi connectivity index (χ4v) is 0.312. The summed E-state index contributed by atoms with van der Waals surface area (Å²) in [5.41, 5.74) is 0. The molecule has 43 valence electrons. The van der Waals surface area contributed by atoms with Crippen LogP contribution in [0.1, 0.15) is 13.3 Å². The minimum absolute atomic E-state index is 0.375. The van der Waals surface area contributed by atoms with Crippen molar-refractivity contribution in [3.8, 4) is 0 Å². The number of nitrogens with zero attached hydrogens (tertiary/aromatic N) is 1. The molecule has 2 heteroatoms. The maximum absolute atomic E-state index is 8.80. The third-order valence-electron chi connectivity index (χ3n) is 0.874. The van der Waals surface area contributed by atoms with Crippen molar-refractivity contribution in [2.45, 2.75) is 19.6 Å². The molecular weight excluding hydrogens is 90.1 g/mol. The molecule has 0 bridgehead atoms. The van der Waals surface area contributed by atoms with Crippen molar-refractivity contribution < 1.29 is 5.11 Å². The van der Waals surface area contributed by atoms with Gasteiger partial charge in [0.15, 0.2) is 0 Å². The number of hydrogen-bond donors (Lipinski definition) is 1. The summed E-state index contributed by atoms with van der Waals surface area (Å²) < 4.78 is 0. The Morgan fingerprint density at radius 1 is 1.86 bits per heavy atom. The van der Waals surface area contributed by atoms with Crippen molar-refractivity contribution in [3.05, 3.63) is 7.05 Å². The lowest BCUT2D eigenvalue weighted by Crippen LogP contribution is -2.23. The monoisotopic (exact) mass is 102 g/mol. The standard InChI is InChI=1S/C5H12NO/c1-4-5(7)6(2)3/h5,7H,2,4H2,1,3H3. The summed E-state index contributed by atoms with van der Waals surface area (Å²) in [5, 5.41) is 8.80. The maximum Gasteiger partial charge on any atom is 0.106 e. The van der Waals surface area contributed by atoms with Crippen molar-refractivity contribution in [2.75, 3.05) is 7.05 Å². The van der Waals surface area contributed by atoms with E-state index in [1.807, 2.05) is 6.92 Å². The summed E-state index contributed by atoms with van der Waals surface area (Å²) in [5.74, 6) is 0. The van der Waals surface area contributed by atoms with Gasteiger partial charge in [-0.15, -0.1) is 0 Å². The van der Waals surface area contributed by atoms with E-state index in [4.69, 9.17) is 5.11 Å². The molecule has 1 unspecified atom stereocenters. The summed E-state index contributed by atoms with van der Waals surface area (Å²) in [4.78, 5) is 1.53. The van der Waals surface area contributed by atoms with Crippen molar-refractivity contribution in [2.24, 2.45) is 0 Å². The molecule has 0 amide bonds.